The monoisotopic (exact) mass is 299 g/mol. The maximum absolute atomic E-state index is 6.11. The lowest BCUT2D eigenvalue weighted by atomic mass is 10.1. The number of halogens is 1. The predicted molar refractivity (Wildman–Crippen MR) is 84.9 cm³/mol. The maximum atomic E-state index is 6.11. The van der Waals surface area contributed by atoms with Crippen molar-refractivity contribution in [2.75, 3.05) is 31.1 Å². The zero-order chi connectivity index (χ0) is 14.2. The first-order chi connectivity index (χ1) is 10.3. The molecule has 0 bridgehead atoms. The Balaban J connectivity index is 2.02. The normalized spacial score (nSPS) is 15.8. The summed E-state index contributed by atoms with van der Waals surface area (Å²) in [6.45, 7) is 3.78. The zero-order valence-corrected chi connectivity index (χ0v) is 12.1. The van der Waals surface area contributed by atoms with Crippen molar-refractivity contribution >= 4 is 39.4 Å². The molecule has 1 aliphatic rings. The van der Waals surface area contributed by atoms with E-state index < -0.39 is 0 Å². The summed E-state index contributed by atoms with van der Waals surface area (Å²) < 4.78 is 0. The highest BCUT2D eigenvalue weighted by Crippen LogP contribution is 2.30. The molecule has 21 heavy (non-hydrogen) atoms. The number of nitrogens with zero attached hydrogens (tertiary/aromatic N) is 4. The van der Waals surface area contributed by atoms with Crippen LogP contribution in [0.15, 0.2) is 30.6 Å². The summed E-state index contributed by atoms with van der Waals surface area (Å²) in [5.41, 5.74) is 2.61. The van der Waals surface area contributed by atoms with E-state index in [4.69, 9.17) is 16.6 Å². The third-order valence-corrected chi connectivity index (χ3v) is 4.00. The highest BCUT2D eigenvalue weighted by Gasteiger charge is 2.18. The number of benzene rings is 1. The minimum atomic E-state index is 0.686. The molecule has 1 saturated heterocycles. The largest absolute Gasteiger partial charge is 0.352 e. The van der Waals surface area contributed by atoms with E-state index in [9.17, 15) is 0 Å². The molecular formula is C15H14ClN5. The van der Waals surface area contributed by atoms with Gasteiger partial charge in [-0.15, -0.1) is 0 Å². The van der Waals surface area contributed by atoms with Gasteiger partial charge in [-0.25, -0.2) is 9.97 Å². The molecule has 0 saturated carbocycles. The van der Waals surface area contributed by atoms with E-state index in [0.717, 1.165) is 53.9 Å². The van der Waals surface area contributed by atoms with Gasteiger partial charge in [0.2, 0.25) is 0 Å². The first kappa shape index (κ1) is 12.7. The van der Waals surface area contributed by atoms with Gasteiger partial charge < -0.3 is 10.2 Å². The van der Waals surface area contributed by atoms with Gasteiger partial charge >= 0.3 is 0 Å². The van der Waals surface area contributed by atoms with Gasteiger partial charge in [0, 0.05) is 49.0 Å². The van der Waals surface area contributed by atoms with Crippen molar-refractivity contribution < 1.29 is 0 Å². The summed E-state index contributed by atoms with van der Waals surface area (Å²) in [4.78, 5) is 16.1. The zero-order valence-electron chi connectivity index (χ0n) is 11.4. The minimum absolute atomic E-state index is 0.686. The Labute approximate surface area is 127 Å². The van der Waals surface area contributed by atoms with Crippen LogP contribution in [0.2, 0.25) is 5.02 Å². The van der Waals surface area contributed by atoms with Crippen LogP contribution in [0.25, 0.3) is 21.9 Å². The van der Waals surface area contributed by atoms with Gasteiger partial charge in [-0.1, -0.05) is 11.6 Å². The highest BCUT2D eigenvalue weighted by atomic mass is 35.5. The summed E-state index contributed by atoms with van der Waals surface area (Å²) in [5, 5.41) is 4.99. The summed E-state index contributed by atoms with van der Waals surface area (Å²) in [6, 6.07) is 5.71. The molecule has 1 aliphatic heterocycles. The Morgan fingerprint density at radius 3 is 2.62 bits per heavy atom. The Kier molecular flexibility index (Phi) is 3.09. The topological polar surface area (TPSA) is 53.9 Å². The Hall–Kier alpha value is -1.98. The van der Waals surface area contributed by atoms with Crippen LogP contribution in [0.5, 0.6) is 0 Å². The standard InChI is InChI=1S/C15H14ClN5/c16-10-1-2-12-11(9-10)13-14(19-4-3-18-13)15(20-12)21-7-5-17-6-8-21/h1-4,9,17H,5-8H2. The molecule has 0 atom stereocenters. The van der Waals surface area contributed by atoms with Crippen LogP contribution < -0.4 is 10.2 Å². The van der Waals surface area contributed by atoms with Crippen LogP contribution in [0.3, 0.4) is 0 Å². The molecular weight excluding hydrogens is 286 g/mol. The van der Waals surface area contributed by atoms with Crippen LogP contribution in [-0.2, 0) is 0 Å². The van der Waals surface area contributed by atoms with E-state index in [2.05, 4.69) is 20.2 Å². The number of anilines is 1. The van der Waals surface area contributed by atoms with Crippen molar-refractivity contribution in [2.45, 2.75) is 0 Å². The highest BCUT2D eigenvalue weighted by molar-refractivity contribution is 6.31. The van der Waals surface area contributed by atoms with E-state index in [-0.39, 0.29) is 0 Å². The fourth-order valence-corrected chi connectivity index (χ4v) is 2.93. The summed E-state index contributed by atoms with van der Waals surface area (Å²) in [6.07, 6.45) is 3.43. The summed E-state index contributed by atoms with van der Waals surface area (Å²) in [7, 11) is 0. The number of fused-ring (bicyclic) bond motifs is 3. The summed E-state index contributed by atoms with van der Waals surface area (Å²) in [5.74, 6) is 0.912. The molecule has 0 spiro atoms. The quantitative estimate of drug-likeness (QED) is 0.699. The molecule has 4 rings (SSSR count). The molecule has 1 fully saturated rings. The van der Waals surface area contributed by atoms with Crippen LogP contribution in [0, 0.1) is 0 Å². The molecule has 3 aromatic rings. The fraction of sp³-hybridized carbons (Fsp3) is 0.267. The SMILES string of the molecule is Clc1ccc2nc(N3CCNCC3)c3nccnc3c2c1. The van der Waals surface area contributed by atoms with E-state index in [1.807, 2.05) is 18.2 Å². The average molecular weight is 300 g/mol. The van der Waals surface area contributed by atoms with Crippen LogP contribution in [-0.4, -0.2) is 41.1 Å². The van der Waals surface area contributed by atoms with Gasteiger partial charge in [0.1, 0.15) is 11.0 Å². The maximum Gasteiger partial charge on any atom is 0.157 e. The van der Waals surface area contributed by atoms with Crippen LogP contribution in [0.4, 0.5) is 5.82 Å². The summed E-state index contributed by atoms with van der Waals surface area (Å²) >= 11 is 6.11. The predicted octanol–water partition coefficient (Wildman–Crippen LogP) is 2.24. The lowest BCUT2D eigenvalue weighted by Crippen LogP contribution is -2.44. The van der Waals surface area contributed by atoms with Crippen LogP contribution >= 0.6 is 11.6 Å². The molecule has 2 aromatic heterocycles. The van der Waals surface area contributed by atoms with Gasteiger partial charge in [0.05, 0.1) is 5.52 Å². The second-order valence-corrected chi connectivity index (χ2v) is 5.52. The van der Waals surface area contributed by atoms with Gasteiger partial charge in [0.15, 0.2) is 5.82 Å². The number of pyridine rings is 1. The van der Waals surface area contributed by atoms with E-state index in [0.29, 0.717) is 5.02 Å². The molecule has 1 aromatic carbocycles. The molecule has 0 aliphatic carbocycles. The molecule has 0 amide bonds. The first-order valence-electron chi connectivity index (χ1n) is 6.98. The van der Waals surface area contributed by atoms with E-state index >= 15 is 0 Å². The van der Waals surface area contributed by atoms with Gasteiger partial charge in [0.25, 0.3) is 0 Å². The molecule has 5 nitrogen and oxygen atoms in total. The molecule has 0 unspecified atom stereocenters. The molecule has 0 radical (unpaired) electrons. The number of nitrogens with one attached hydrogen (secondary N) is 1. The van der Waals surface area contributed by atoms with Gasteiger partial charge in [-0.05, 0) is 18.2 Å². The average Bonchev–Trinajstić information content (AvgIpc) is 2.55. The van der Waals surface area contributed by atoms with Crippen molar-refractivity contribution in [1.82, 2.24) is 20.3 Å². The molecule has 6 heteroatoms. The van der Waals surface area contributed by atoms with E-state index in [1.54, 1.807) is 12.4 Å². The Morgan fingerprint density at radius 2 is 1.81 bits per heavy atom. The van der Waals surface area contributed by atoms with Gasteiger partial charge in [-0.2, -0.15) is 0 Å². The van der Waals surface area contributed by atoms with Gasteiger partial charge in [-0.3, -0.25) is 4.98 Å². The number of hydrogen-bond donors (Lipinski definition) is 1. The lowest BCUT2D eigenvalue weighted by Gasteiger charge is -2.29. The Morgan fingerprint density at radius 1 is 1.05 bits per heavy atom. The third kappa shape index (κ3) is 2.18. The van der Waals surface area contributed by atoms with Crippen molar-refractivity contribution in [3.8, 4) is 0 Å². The number of aromatic nitrogens is 3. The molecule has 3 heterocycles. The van der Waals surface area contributed by atoms with E-state index in [1.165, 1.54) is 0 Å². The lowest BCUT2D eigenvalue weighted by molar-refractivity contribution is 0.586. The van der Waals surface area contributed by atoms with Crippen molar-refractivity contribution in [1.29, 1.82) is 0 Å². The van der Waals surface area contributed by atoms with Crippen LogP contribution in [0.1, 0.15) is 0 Å². The molecule has 1 N–H and O–H groups in total. The minimum Gasteiger partial charge on any atom is -0.352 e. The van der Waals surface area contributed by atoms with Crippen molar-refractivity contribution in [3.63, 3.8) is 0 Å². The van der Waals surface area contributed by atoms with Crippen molar-refractivity contribution in [3.05, 3.63) is 35.6 Å². The second kappa shape index (κ2) is 5.09. The number of rotatable bonds is 1. The van der Waals surface area contributed by atoms with Crippen molar-refractivity contribution in [2.24, 2.45) is 0 Å². The Bertz CT molecular complexity index is 814. The smallest absolute Gasteiger partial charge is 0.157 e. The second-order valence-electron chi connectivity index (χ2n) is 5.09. The number of piperazine rings is 1. The fourth-order valence-electron chi connectivity index (χ4n) is 2.76. The third-order valence-electron chi connectivity index (χ3n) is 3.77. The first-order valence-corrected chi connectivity index (χ1v) is 7.36. The molecule has 106 valence electrons. The number of hydrogen-bond acceptors (Lipinski definition) is 5.